The summed E-state index contributed by atoms with van der Waals surface area (Å²) in [6.07, 6.45) is 4.63. The molecule has 5 heteroatoms. The highest BCUT2D eigenvalue weighted by atomic mass is 16.5. The van der Waals surface area contributed by atoms with E-state index in [9.17, 15) is 15.0 Å². The van der Waals surface area contributed by atoms with E-state index in [0.29, 0.717) is 29.7 Å². The molecular weight excluding hydrogens is 344 g/mol. The summed E-state index contributed by atoms with van der Waals surface area (Å²) in [5, 5.41) is 20.1. The van der Waals surface area contributed by atoms with Crippen LogP contribution in [0.3, 0.4) is 0 Å². The quantitative estimate of drug-likeness (QED) is 0.425. The van der Waals surface area contributed by atoms with Crippen LogP contribution >= 0.6 is 0 Å². The lowest BCUT2D eigenvalue weighted by Crippen LogP contribution is -2.07. The second-order valence-corrected chi connectivity index (χ2v) is 6.24. The van der Waals surface area contributed by atoms with Crippen LogP contribution in [-0.4, -0.2) is 30.4 Å². The van der Waals surface area contributed by atoms with Crippen LogP contribution in [0.5, 0.6) is 17.2 Å². The number of phenolic OH excluding ortho intramolecular Hbond substituents is 2. The maximum atomic E-state index is 12.3. The predicted molar refractivity (Wildman–Crippen MR) is 106 cm³/mol. The molecule has 0 atom stereocenters. The van der Waals surface area contributed by atoms with Crippen LogP contribution in [-0.2, 0) is 11.2 Å². The lowest BCUT2D eigenvalue weighted by Gasteiger charge is -2.16. The average molecular weight is 368 g/mol. The van der Waals surface area contributed by atoms with Crippen LogP contribution in [0, 0.1) is 0 Å². The van der Waals surface area contributed by atoms with E-state index in [1.54, 1.807) is 42.5 Å². The molecule has 27 heavy (non-hydrogen) atoms. The summed E-state index contributed by atoms with van der Waals surface area (Å²) >= 11 is 0. The molecule has 0 unspecified atom stereocenters. The first-order valence-electron chi connectivity index (χ1n) is 8.50. The van der Waals surface area contributed by atoms with Crippen molar-refractivity contribution in [3.05, 3.63) is 64.7 Å². The summed E-state index contributed by atoms with van der Waals surface area (Å²) in [4.78, 5) is 12.3. The van der Waals surface area contributed by atoms with Gasteiger partial charge >= 0.3 is 5.97 Å². The molecule has 0 bridgehead atoms. The molecule has 0 saturated carbocycles. The third-order valence-corrected chi connectivity index (χ3v) is 4.15. The zero-order valence-corrected chi connectivity index (χ0v) is 15.8. The van der Waals surface area contributed by atoms with Gasteiger partial charge in [0.25, 0.3) is 0 Å². The number of hydrogen-bond donors (Lipinski definition) is 2. The van der Waals surface area contributed by atoms with Crippen LogP contribution in [0.1, 0.15) is 40.4 Å². The molecule has 2 N–H and O–H groups in total. The molecule has 0 heterocycles. The Labute approximate surface area is 159 Å². The van der Waals surface area contributed by atoms with Gasteiger partial charge in [-0.2, -0.15) is 0 Å². The van der Waals surface area contributed by atoms with Crippen molar-refractivity contribution in [2.24, 2.45) is 0 Å². The number of aromatic hydroxyl groups is 2. The van der Waals surface area contributed by atoms with Gasteiger partial charge in [0.15, 0.2) is 0 Å². The van der Waals surface area contributed by atoms with Crippen molar-refractivity contribution in [2.45, 2.75) is 19.8 Å². The lowest BCUT2D eigenvalue weighted by molar-refractivity contribution is 0.0597. The summed E-state index contributed by atoms with van der Waals surface area (Å²) in [5.41, 5.74) is 2.90. The lowest BCUT2D eigenvalue weighted by atomic mass is 9.96. The van der Waals surface area contributed by atoms with Crippen molar-refractivity contribution in [1.82, 2.24) is 0 Å². The number of carbonyl (C=O) groups excluding carboxylic acids is 1. The molecule has 0 saturated heterocycles. The molecule has 0 aromatic heterocycles. The van der Waals surface area contributed by atoms with Gasteiger partial charge in [0, 0.05) is 5.56 Å². The zero-order chi connectivity index (χ0) is 20.0. The summed E-state index contributed by atoms with van der Waals surface area (Å²) in [6, 6.07) is 8.32. The minimum absolute atomic E-state index is 0.0880. The van der Waals surface area contributed by atoms with E-state index >= 15 is 0 Å². The monoisotopic (exact) mass is 368 g/mol. The van der Waals surface area contributed by atoms with E-state index in [4.69, 9.17) is 9.47 Å². The molecule has 0 aliphatic rings. The summed E-state index contributed by atoms with van der Waals surface area (Å²) in [6.45, 7) is 5.78. The van der Waals surface area contributed by atoms with Crippen molar-refractivity contribution in [1.29, 1.82) is 0 Å². The Hall–Kier alpha value is -3.21. The summed E-state index contributed by atoms with van der Waals surface area (Å²) in [5.74, 6) is -0.111. The fraction of sp³-hybridized carbons (Fsp3) is 0.227. The van der Waals surface area contributed by atoms with Gasteiger partial charge in [-0.3, -0.25) is 0 Å². The fourth-order valence-electron chi connectivity index (χ4n) is 2.69. The number of rotatable bonds is 7. The largest absolute Gasteiger partial charge is 0.508 e. The number of allylic oxidation sites excluding steroid dienone is 1. The molecule has 2 rings (SSSR count). The third kappa shape index (κ3) is 4.91. The molecule has 2 aromatic carbocycles. The van der Waals surface area contributed by atoms with Gasteiger partial charge in [0.2, 0.25) is 0 Å². The molecule has 5 nitrogen and oxygen atoms in total. The number of ether oxygens (including phenoxy) is 2. The van der Waals surface area contributed by atoms with Gasteiger partial charge in [-0.1, -0.05) is 29.9 Å². The second kappa shape index (κ2) is 8.94. The van der Waals surface area contributed by atoms with Crippen LogP contribution < -0.4 is 4.74 Å². The number of methoxy groups -OCH3 is 2. The van der Waals surface area contributed by atoms with Crippen molar-refractivity contribution in [3.8, 4) is 17.2 Å². The number of phenols is 2. The molecule has 0 spiro atoms. The van der Waals surface area contributed by atoms with E-state index < -0.39 is 5.97 Å². The Kier molecular flexibility index (Phi) is 6.66. The topological polar surface area (TPSA) is 76.0 Å². The maximum absolute atomic E-state index is 12.3. The molecule has 0 fully saturated rings. The Morgan fingerprint density at radius 2 is 1.81 bits per heavy atom. The minimum Gasteiger partial charge on any atom is -0.508 e. The van der Waals surface area contributed by atoms with Crippen LogP contribution in [0.15, 0.2) is 42.5 Å². The molecule has 0 amide bonds. The van der Waals surface area contributed by atoms with E-state index in [1.165, 1.54) is 14.2 Å². The van der Waals surface area contributed by atoms with Gasteiger partial charge in [-0.15, -0.1) is 6.58 Å². The Morgan fingerprint density at radius 3 is 2.37 bits per heavy atom. The first-order valence-corrected chi connectivity index (χ1v) is 8.50. The smallest absolute Gasteiger partial charge is 0.342 e. The predicted octanol–water partition coefficient (Wildman–Crippen LogP) is 4.57. The molecule has 0 radical (unpaired) electrons. The van der Waals surface area contributed by atoms with Crippen molar-refractivity contribution < 1.29 is 24.5 Å². The number of esters is 1. The third-order valence-electron chi connectivity index (χ3n) is 4.15. The molecule has 2 aromatic rings. The summed E-state index contributed by atoms with van der Waals surface area (Å²) in [7, 11) is 2.79. The molecule has 142 valence electrons. The highest BCUT2D eigenvalue weighted by Gasteiger charge is 2.22. The van der Waals surface area contributed by atoms with Crippen LogP contribution in [0.2, 0.25) is 0 Å². The van der Waals surface area contributed by atoms with Gasteiger partial charge in [-0.05, 0) is 49.1 Å². The first-order chi connectivity index (χ1) is 12.9. The highest BCUT2D eigenvalue weighted by molar-refractivity contribution is 5.98. The minimum atomic E-state index is -0.628. The number of carbonyl (C=O) groups is 1. The number of benzene rings is 2. The fourth-order valence-corrected chi connectivity index (χ4v) is 2.69. The second-order valence-electron chi connectivity index (χ2n) is 6.24. The van der Waals surface area contributed by atoms with Crippen molar-refractivity contribution in [2.75, 3.05) is 14.2 Å². The van der Waals surface area contributed by atoms with Gasteiger partial charge in [-0.25, -0.2) is 4.79 Å². The van der Waals surface area contributed by atoms with Gasteiger partial charge < -0.3 is 19.7 Å². The van der Waals surface area contributed by atoms with Crippen LogP contribution in [0.4, 0.5) is 0 Å². The Bertz CT molecular complexity index is 863. The highest BCUT2D eigenvalue weighted by Crippen LogP contribution is 2.37. The molecular formula is C22H24O5. The Morgan fingerprint density at radius 1 is 1.15 bits per heavy atom. The van der Waals surface area contributed by atoms with E-state index in [-0.39, 0.29) is 17.1 Å². The van der Waals surface area contributed by atoms with E-state index in [0.717, 1.165) is 11.1 Å². The SMILES string of the molecule is C=C(C)CCc1c(OC)cc(/C=C/c2ccc(O)cc2)c(C(=O)OC)c1O. The standard InChI is InChI=1S/C22H24O5/c1-14(2)5-12-18-19(26-3)13-16(20(21(18)24)22(25)27-4)9-6-15-7-10-17(23)11-8-15/h6-11,13,23-24H,1,5,12H2,2-4H3/b9-6+. The van der Waals surface area contributed by atoms with E-state index in [2.05, 4.69) is 6.58 Å². The molecule has 0 aliphatic carbocycles. The van der Waals surface area contributed by atoms with Crippen LogP contribution in [0.25, 0.3) is 12.2 Å². The first kappa shape index (κ1) is 20.1. The maximum Gasteiger partial charge on any atom is 0.342 e. The normalized spacial score (nSPS) is 10.8. The average Bonchev–Trinajstić information content (AvgIpc) is 2.65. The van der Waals surface area contributed by atoms with Crippen molar-refractivity contribution >= 4 is 18.1 Å². The molecule has 0 aliphatic heterocycles. The summed E-state index contributed by atoms with van der Waals surface area (Å²) < 4.78 is 10.3. The Balaban J connectivity index is 2.54. The van der Waals surface area contributed by atoms with E-state index in [1.807, 2.05) is 6.92 Å². The van der Waals surface area contributed by atoms with Gasteiger partial charge in [0.05, 0.1) is 14.2 Å². The van der Waals surface area contributed by atoms with Crippen molar-refractivity contribution in [3.63, 3.8) is 0 Å². The zero-order valence-electron chi connectivity index (χ0n) is 15.8. The van der Waals surface area contributed by atoms with Gasteiger partial charge in [0.1, 0.15) is 22.8 Å². The number of hydrogen-bond acceptors (Lipinski definition) is 5.